The van der Waals surface area contributed by atoms with Crippen LogP contribution in [0.2, 0.25) is 0 Å². The van der Waals surface area contributed by atoms with Gasteiger partial charge in [-0.2, -0.15) is 4.31 Å². The lowest BCUT2D eigenvalue weighted by Crippen LogP contribution is -2.40. The average Bonchev–Trinajstić information content (AvgIpc) is 2.39. The van der Waals surface area contributed by atoms with Crippen molar-refractivity contribution in [2.75, 3.05) is 13.1 Å². The van der Waals surface area contributed by atoms with Gasteiger partial charge in [-0.15, -0.1) is 0 Å². The molecule has 7 heteroatoms. The summed E-state index contributed by atoms with van der Waals surface area (Å²) < 4.78 is 39.4. The molecule has 0 aliphatic carbocycles. The van der Waals surface area contributed by atoms with E-state index in [0.29, 0.717) is 18.4 Å². The van der Waals surface area contributed by atoms with E-state index in [1.54, 1.807) is 0 Å². The van der Waals surface area contributed by atoms with Gasteiger partial charge in [-0.3, -0.25) is 0 Å². The van der Waals surface area contributed by atoms with E-state index >= 15 is 0 Å². The van der Waals surface area contributed by atoms with Crippen LogP contribution in [0.15, 0.2) is 23.1 Å². The molecule has 0 saturated carbocycles. The van der Waals surface area contributed by atoms with Gasteiger partial charge in [-0.25, -0.2) is 12.8 Å². The summed E-state index contributed by atoms with van der Waals surface area (Å²) in [6.07, 6.45) is 0.326. The Bertz CT molecular complexity index is 554. The first-order valence-electron chi connectivity index (χ1n) is 6.12. The Balaban J connectivity index is 2.36. The zero-order valence-corrected chi connectivity index (χ0v) is 11.2. The van der Waals surface area contributed by atoms with Gasteiger partial charge >= 0.3 is 0 Å². The van der Waals surface area contributed by atoms with Crippen molar-refractivity contribution >= 4 is 10.0 Å². The number of sulfonamides is 1. The lowest BCUT2D eigenvalue weighted by Gasteiger charge is -2.29. The van der Waals surface area contributed by atoms with Crippen molar-refractivity contribution < 1.29 is 17.9 Å². The normalized spacial score (nSPS) is 18.7. The van der Waals surface area contributed by atoms with Gasteiger partial charge in [0.1, 0.15) is 5.82 Å². The fourth-order valence-electron chi connectivity index (χ4n) is 2.16. The molecule has 1 heterocycles. The summed E-state index contributed by atoms with van der Waals surface area (Å²) in [4.78, 5) is -0.0774. The Labute approximate surface area is 111 Å². The van der Waals surface area contributed by atoms with Crippen molar-refractivity contribution in [2.24, 2.45) is 5.73 Å². The number of aliphatic hydroxyl groups is 1. The SMILES string of the molecule is NCc1ccc(F)cc1S(=O)(=O)N1CCC(O)CC1. The monoisotopic (exact) mass is 288 g/mol. The summed E-state index contributed by atoms with van der Waals surface area (Å²) in [5.41, 5.74) is 5.90. The molecule has 1 saturated heterocycles. The maximum atomic E-state index is 13.3. The highest BCUT2D eigenvalue weighted by Crippen LogP contribution is 2.24. The Kier molecular flexibility index (Phi) is 4.19. The highest BCUT2D eigenvalue weighted by Gasteiger charge is 2.30. The van der Waals surface area contributed by atoms with E-state index in [9.17, 15) is 17.9 Å². The minimum absolute atomic E-state index is 0.0330. The molecule has 2 rings (SSSR count). The van der Waals surface area contributed by atoms with Crippen LogP contribution in [0.3, 0.4) is 0 Å². The predicted molar refractivity (Wildman–Crippen MR) is 68.3 cm³/mol. The van der Waals surface area contributed by atoms with E-state index in [-0.39, 0.29) is 24.5 Å². The molecule has 0 spiro atoms. The van der Waals surface area contributed by atoms with Gasteiger partial charge < -0.3 is 10.8 Å². The van der Waals surface area contributed by atoms with E-state index in [4.69, 9.17) is 5.73 Å². The maximum Gasteiger partial charge on any atom is 0.243 e. The standard InChI is InChI=1S/C12H17FN2O3S/c13-10-2-1-9(8-14)12(7-10)19(17,18)15-5-3-11(16)4-6-15/h1-2,7,11,16H,3-6,8,14H2. The third-order valence-electron chi connectivity index (χ3n) is 3.29. The molecule has 3 N–H and O–H groups in total. The van der Waals surface area contributed by atoms with Crippen molar-refractivity contribution in [3.8, 4) is 0 Å². The zero-order chi connectivity index (χ0) is 14.0. The first-order valence-corrected chi connectivity index (χ1v) is 7.56. The molecule has 1 aliphatic heterocycles. The number of nitrogens with zero attached hydrogens (tertiary/aromatic N) is 1. The first-order chi connectivity index (χ1) is 8.95. The summed E-state index contributed by atoms with van der Waals surface area (Å²) in [5, 5.41) is 9.41. The molecular formula is C12H17FN2O3S. The molecule has 0 bridgehead atoms. The minimum atomic E-state index is -3.75. The highest BCUT2D eigenvalue weighted by atomic mass is 32.2. The Morgan fingerprint density at radius 1 is 1.37 bits per heavy atom. The van der Waals surface area contributed by atoms with Crippen molar-refractivity contribution in [3.05, 3.63) is 29.6 Å². The summed E-state index contributed by atoms with van der Waals surface area (Å²) in [6, 6.07) is 3.59. The van der Waals surface area contributed by atoms with Crippen molar-refractivity contribution in [1.82, 2.24) is 4.31 Å². The highest BCUT2D eigenvalue weighted by molar-refractivity contribution is 7.89. The molecular weight excluding hydrogens is 271 g/mol. The maximum absolute atomic E-state index is 13.3. The van der Waals surface area contributed by atoms with Crippen LogP contribution in [0.25, 0.3) is 0 Å². The van der Waals surface area contributed by atoms with E-state index in [1.807, 2.05) is 0 Å². The second-order valence-corrected chi connectivity index (χ2v) is 6.50. The quantitative estimate of drug-likeness (QED) is 0.845. The third kappa shape index (κ3) is 2.94. The smallest absolute Gasteiger partial charge is 0.243 e. The van der Waals surface area contributed by atoms with Gasteiger partial charge in [0.15, 0.2) is 0 Å². The van der Waals surface area contributed by atoms with Gasteiger partial charge in [0, 0.05) is 19.6 Å². The van der Waals surface area contributed by atoms with Crippen molar-refractivity contribution in [2.45, 2.75) is 30.4 Å². The molecule has 5 nitrogen and oxygen atoms in total. The molecule has 106 valence electrons. The number of rotatable bonds is 3. The Morgan fingerprint density at radius 2 is 2.00 bits per heavy atom. The summed E-state index contributed by atoms with van der Waals surface area (Å²) in [7, 11) is -3.75. The van der Waals surface area contributed by atoms with Crippen LogP contribution in [0.1, 0.15) is 18.4 Å². The van der Waals surface area contributed by atoms with E-state index in [0.717, 1.165) is 6.07 Å². The van der Waals surface area contributed by atoms with E-state index < -0.39 is 21.9 Å². The van der Waals surface area contributed by atoms with Crippen LogP contribution in [-0.2, 0) is 16.6 Å². The van der Waals surface area contributed by atoms with Crippen LogP contribution in [-0.4, -0.2) is 37.0 Å². The summed E-state index contributed by atoms with van der Waals surface area (Å²) in [6.45, 7) is 0.513. The van der Waals surface area contributed by atoms with Crippen LogP contribution >= 0.6 is 0 Å². The molecule has 0 amide bonds. The topological polar surface area (TPSA) is 83.6 Å². The van der Waals surface area contributed by atoms with E-state index in [2.05, 4.69) is 0 Å². The van der Waals surface area contributed by atoms with Crippen molar-refractivity contribution in [1.29, 1.82) is 0 Å². The van der Waals surface area contributed by atoms with Crippen LogP contribution in [0.5, 0.6) is 0 Å². The number of benzene rings is 1. The molecule has 0 unspecified atom stereocenters. The molecule has 1 aromatic carbocycles. The Morgan fingerprint density at radius 3 is 2.58 bits per heavy atom. The van der Waals surface area contributed by atoms with Gasteiger partial charge in [0.2, 0.25) is 10.0 Å². The zero-order valence-electron chi connectivity index (χ0n) is 10.4. The molecule has 19 heavy (non-hydrogen) atoms. The van der Waals surface area contributed by atoms with Gasteiger partial charge in [-0.05, 0) is 30.5 Å². The minimum Gasteiger partial charge on any atom is -0.393 e. The predicted octanol–water partition coefficient (Wildman–Crippen LogP) is 0.430. The van der Waals surface area contributed by atoms with Crippen LogP contribution < -0.4 is 5.73 Å². The summed E-state index contributed by atoms with van der Waals surface area (Å²) in [5.74, 6) is -0.604. The fourth-order valence-corrected chi connectivity index (χ4v) is 3.87. The number of halogens is 1. The Hall–Kier alpha value is -1.02. The van der Waals surface area contributed by atoms with Crippen LogP contribution in [0.4, 0.5) is 4.39 Å². The first kappa shape index (κ1) is 14.4. The van der Waals surface area contributed by atoms with E-state index in [1.165, 1.54) is 16.4 Å². The second-order valence-electron chi connectivity index (χ2n) is 4.59. The second kappa shape index (κ2) is 5.54. The molecule has 1 aliphatic rings. The molecule has 0 atom stereocenters. The van der Waals surface area contributed by atoms with Crippen molar-refractivity contribution in [3.63, 3.8) is 0 Å². The molecule has 1 fully saturated rings. The van der Waals surface area contributed by atoms with Gasteiger partial charge in [0.05, 0.1) is 11.0 Å². The largest absolute Gasteiger partial charge is 0.393 e. The van der Waals surface area contributed by atoms with Gasteiger partial charge in [-0.1, -0.05) is 6.07 Å². The third-order valence-corrected chi connectivity index (χ3v) is 5.27. The molecule has 0 aromatic heterocycles. The number of hydrogen-bond donors (Lipinski definition) is 2. The number of aliphatic hydroxyl groups excluding tert-OH is 1. The fraction of sp³-hybridized carbons (Fsp3) is 0.500. The van der Waals surface area contributed by atoms with Crippen LogP contribution in [0, 0.1) is 5.82 Å². The number of nitrogens with two attached hydrogens (primary N) is 1. The lowest BCUT2D eigenvalue weighted by molar-refractivity contribution is 0.113. The lowest BCUT2D eigenvalue weighted by atomic mass is 10.1. The average molecular weight is 288 g/mol. The number of hydrogen-bond acceptors (Lipinski definition) is 4. The summed E-state index contributed by atoms with van der Waals surface area (Å²) >= 11 is 0. The molecule has 1 aromatic rings. The molecule has 0 radical (unpaired) electrons. The number of piperidine rings is 1. The van der Waals surface area contributed by atoms with Gasteiger partial charge in [0.25, 0.3) is 0 Å².